The highest BCUT2D eigenvalue weighted by Crippen LogP contribution is 1.98. The zero-order valence-corrected chi connectivity index (χ0v) is 10.7. The first-order valence-corrected chi connectivity index (χ1v) is 6.07. The van der Waals surface area contributed by atoms with Crippen molar-refractivity contribution in [2.75, 3.05) is 6.54 Å². The Morgan fingerprint density at radius 2 is 2.00 bits per heavy atom. The number of aromatic nitrogens is 2. The number of hydrogen-bond donors (Lipinski definition) is 1. The second-order valence-electron chi connectivity index (χ2n) is 4.54. The van der Waals surface area contributed by atoms with Gasteiger partial charge in [-0.25, -0.2) is 4.79 Å². The number of hydrogen-bond acceptors (Lipinski definition) is 2. The van der Waals surface area contributed by atoms with Gasteiger partial charge in [0.15, 0.2) is 0 Å². The summed E-state index contributed by atoms with van der Waals surface area (Å²) >= 11 is 0. The smallest absolute Gasteiger partial charge is 0.312 e. The van der Waals surface area contributed by atoms with E-state index in [1.54, 1.807) is 9.13 Å². The fourth-order valence-corrected chi connectivity index (χ4v) is 1.57. The molecule has 0 aliphatic heterocycles. The van der Waals surface area contributed by atoms with E-state index in [0.29, 0.717) is 6.04 Å². The lowest BCUT2D eigenvalue weighted by atomic mass is 10.3. The number of nitrogens with one attached hydrogen (secondary N) is 1. The molecule has 0 saturated heterocycles. The molecule has 92 valence electrons. The molecule has 0 amide bonds. The molecule has 16 heavy (non-hydrogen) atoms. The molecule has 4 heteroatoms. The first-order chi connectivity index (χ1) is 7.56. The molecule has 0 fully saturated rings. The molecule has 0 aliphatic carbocycles. The van der Waals surface area contributed by atoms with Crippen molar-refractivity contribution in [1.82, 2.24) is 14.5 Å². The zero-order valence-electron chi connectivity index (χ0n) is 10.7. The van der Waals surface area contributed by atoms with Gasteiger partial charge in [-0.15, -0.1) is 0 Å². The Balaban J connectivity index is 2.52. The van der Waals surface area contributed by atoms with Gasteiger partial charge in [0.25, 0.3) is 0 Å². The second-order valence-corrected chi connectivity index (χ2v) is 4.54. The fourth-order valence-electron chi connectivity index (χ4n) is 1.57. The van der Waals surface area contributed by atoms with E-state index in [4.69, 9.17) is 0 Å². The third-order valence-corrected chi connectivity index (χ3v) is 2.89. The highest BCUT2D eigenvalue weighted by molar-refractivity contribution is 4.83. The Bertz CT molecular complexity index is 365. The lowest BCUT2D eigenvalue weighted by Gasteiger charge is -2.11. The Hall–Kier alpha value is -1.03. The minimum atomic E-state index is 0.0842. The van der Waals surface area contributed by atoms with E-state index in [1.807, 2.05) is 26.2 Å². The summed E-state index contributed by atoms with van der Waals surface area (Å²) in [5.74, 6) is 0. The first-order valence-electron chi connectivity index (χ1n) is 6.07. The van der Waals surface area contributed by atoms with Crippen LogP contribution in [0.5, 0.6) is 0 Å². The minimum Gasteiger partial charge on any atom is -0.312 e. The van der Waals surface area contributed by atoms with Crippen LogP contribution in [0.1, 0.15) is 40.2 Å². The predicted octanol–water partition coefficient (Wildman–Crippen LogP) is 1.62. The normalized spacial score (nSPS) is 13.3. The van der Waals surface area contributed by atoms with E-state index in [9.17, 15) is 4.79 Å². The summed E-state index contributed by atoms with van der Waals surface area (Å²) < 4.78 is 3.51. The quantitative estimate of drug-likeness (QED) is 0.799. The van der Waals surface area contributed by atoms with Crippen LogP contribution >= 0.6 is 0 Å². The van der Waals surface area contributed by atoms with E-state index in [0.717, 1.165) is 19.5 Å². The van der Waals surface area contributed by atoms with E-state index >= 15 is 0 Å². The zero-order chi connectivity index (χ0) is 12.1. The standard InChI is InChI=1S/C12H23N3O/c1-5-11(4)13-6-7-14-8-9-15(10(2)3)12(14)16/h8-11,13H,5-7H2,1-4H3. The summed E-state index contributed by atoms with van der Waals surface area (Å²) in [5.41, 5.74) is 0.0842. The van der Waals surface area contributed by atoms with Crippen LogP contribution in [0.3, 0.4) is 0 Å². The van der Waals surface area contributed by atoms with Gasteiger partial charge < -0.3 is 5.32 Å². The highest BCUT2D eigenvalue weighted by atomic mass is 16.1. The average molecular weight is 225 g/mol. The average Bonchev–Trinajstić information content (AvgIpc) is 2.60. The number of imidazole rings is 1. The topological polar surface area (TPSA) is 39.0 Å². The molecule has 1 N–H and O–H groups in total. The predicted molar refractivity (Wildman–Crippen MR) is 66.8 cm³/mol. The van der Waals surface area contributed by atoms with Gasteiger partial charge in [-0.2, -0.15) is 0 Å². The van der Waals surface area contributed by atoms with Gasteiger partial charge in [-0.3, -0.25) is 9.13 Å². The van der Waals surface area contributed by atoms with E-state index < -0.39 is 0 Å². The maximum atomic E-state index is 11.9. The van der Waals surface area contributed by atoms with Gasteiger partial charge >= 0.3 is 5.69 Å². The first kappa shape index (κ1) is 13.0. The largest absolute Gasteiger partial charge is 0.328 e. The van der Waals surface area contributed by atoms with Crippen molar-refractivity contribution in [2.45, 2.75) is 52.7 Å². The number of nitrogens with zero attached hydrogens (tertiary/aromatic N) is 2. The summed E-state index contributed by atoms with van der Waals surface area (Å²) in [7, 11) is 0. The summed E-state index contributed by atoms with van der Waals surface area (Å²) in [4.78, 5) is 11.9. The molecule has 0 radical (unpaired) electrons. The third kappa shape index (κ3) is 3.23. The molecule has 0 spiro atoms. The van der Waals surface area contributed by atoms with Crippen LogP contribution in [-0.4, -0.2) is 21.7 Å². The SMILES string of the molecule is CCC(C)NCCn1ccn(C(C)C)c1=O. The van der Waals surface area contributed by atoms with Crippen LogP contribution in [0, 0.1) is 0 Å². The molecule has 0 aromatic carbocycles. The summed E-state index contributed by atoms with van der Waals surface area (Å²) in [6.07, 6.45) is 4.83. The van der Waals surface area contributed by atoms with Crippen LogP contribution in [-0.2, 0) is 6.54 Å². The van der Waals surface area contributed by atoms with Crippen molar-refractivity contribution in [3.05, 3.63) is 22.9 Å². The monoisotopic (exact) mass is 225 g/mol. The molecule has 1 aromatic heterocycles. The van der Waals surface area contributed by atoms with Gasteiger partial charge in [0.05, 0.1) is 0 Å². The molecule has 1 rings (SSSR count). The van der Waals surface area contributed by atoms with Crippen molar-refractivity contribution in [2.24, 2.45) is 0 Å². The maximum Gasteiger partial charge on any atom is 0.328 e. The molecular weight excluding hydrogens is 202 g/mol. The molecule has 1 aromatic rings. The van der Waals surface area contributed by atoms with Crippen molar-refractivity contribution in [3.63, 3.8) is 0 Å². The fraction of sp³-hybridized carbons (Fsp3) is 0.750. The summed E-state index contributed by atoms with van der Waals surface area (Å²) in [5, 5.41) is 3.38. The van der Waals surface area contributed by atoms with E-state index in [1.165, 1.54) is 0 Å². The van der Waals surface area contributed by atoms with Crippen LogP contribution < -0.4 is 11.0 Å². The van der Waals surface area contributed by atoms with Crippen LogP contribution in [0.4, 0.5) is 0 Å². The van der Waals surface area contributed by atoms with Crippen molar-refractivity contribution < 1.29 is 0 Å². The van der Waals surface area contributed by atoms with E-state index in [2.05, 4.69) is 19.2 Å². The Labute approximate surface area is 97.3 Å². The Morgan fingerprint density at radius 1 is 1.31 bits per heavy atom. The molecular formula is C12H23N3O. The second kappa shape index (κ2) is 5.89. The molecule has 1 unspecified atom stereocenters. The summed E-state index contributed by atoms with van der Waals surface area (Å²) in [6.45, 7) is 9.92. The maximum absolute atomic E-state index is 11.9. The lowest BCUT2D eigenvalue weighted by Crippen LogP contribution is -2.32. The Kier molecular flexibility index (Phi) is 4.80. The Morgan fingerprint density at radius 3 is 2.50 bits per heavy atom. The van der Waals surface area contributed by atoms with Gasteiger partial charge in [0.1, 0.15) is 0 Å². The molecule has 1 atom stereocenters. The molecule has 4 nitrogen and oxygen atoms in total. The van der Waals surface area contributed by atoms with Gasteiger partial charge in [-0.1, -0.05) is 6.92 Å². The summed E-state index contributed by atoms with van der Waals surface area (Å²) in [6, 6.07) is 0.749. The highest BCUT2D eigenvalue weighted by Gasteiger charge is 2.05. The van der Waals surface area contributed by atoms with Crippen molar-refractivity contribution in [3.8, 4) is 0 Å². The van der Waals surface area contributed by atoms with Crippen LogP contribution in [0.15, 0.2) is 17.2 Å². The van der Waals surface area contributed by atoms with Gasteiger partial charge in [0, 0.05) is 37.6 Å². The molecule has 0 aliphatic rings. The van der Waals surface area contributed by atoms with Crippen molar-refractivity contribution >= 4 is 0 Å². The van der Waals surface area contributed by atoms with Crippen LogP contribution in [0.25, 0.3) is 0 Å². The molecule has 0 bridgehead atoms. The molecule has 0 saturated carbocycles. The number of rotatable bonds is 6. The van der Waals surface area contributed by atoms with Gasteiger partial charge in [0.2, 0.25) is 0 Å². The van der Waals surface area contributed by atoms with Crippen LogP contribution in [0.2, 0.25) is 0 Å². The molecule has 1 heterocycles. The van der Waals surface area contributed by atoms with Gasteiger partial charge in [-0.05, 0) is 27.2 Å². The lowest BCUT2D eigenvalue weighted by molar-refractivity contribution is 0.490. The third-order valence-electron chi connectivity index (χ3n) is 2.89. The van der Waals surface area contributed by atoms with E-state index in [-0.39, 0.29) is 11.7 Å². The van der Waals surface area contributed by atoms with Crippen molar-refractivity contribution in [1.29, 1.82) is 0 Å². The minimum absolute atomic E-state index is 0.0842.